The van der Waals surface area contributed by atoms with Gasteiger partial charge in [-0.1, -0.05) is 49.5 Å². The maximum Gasteiger partial charge on any atom is 0.295 e. The van der Waals surface area contributed by atoms with Gasteiger partial charge in [-0.05, 0) is 12.1 Å². The molecule has 2 aliphatic rings. The topological polar surface area (TPSA) is 79.4 Å². The third kappa shape index (κ3) is 2.80. The summed E-state index contributed by atoms with van der Waals surface area (Å²) in [5, 5.41) is 9.35. The van der Waals surface area contributed by atoms with Gasteiger partial charge in [-0.2, -0.15) is 5.26 Å². The zero-order valence-electron chi connectivity index (χ0n) is 12.4. The van der Waals surface area contributed by atoms with E-state index in [1.807, 2.05) is 38.1 Å². The highest BCUT2D eigenvalue weighted by Gasteiger charge is 2.33. The molecular formula is C15H15N3O2S2. The summed E-state index contributed by atoms with van der Waals surface area (Å²) in [6.45, 7) is 4.00. The Kier molecular flexibility index (Phi) is 5.06. The third-order valence-electron chi connectivity index (χ3n) is 2.85. The van der Waals surface area contributed by atoms with E-state index in [1.54, 1.807) is 13.1 Å². The summed E-state index contributed by atoms with van der Waals surface area (Å²) in [5.41, 5.74) is 6.46. The summed E-state index contributed by atoms with van der Waals surface area (Å²) in [7, 11) is 1.69. The van der Waals surface area contributed by atoms with E-state index < -0.39 is 0 Å². The predicted octanol–water partition coefficient (Wildman–Crippen LogP) is 3.37. The zero-order chi connectivity index (χ0) is 16.3. The summed E-state index contributed by atoms with van der Waals surface area (Å²) in [6, 6.07) is 9.31. The van der Waals surface area contributed by atoms with Crippen LogP contribution in [0.3, 0.4) is 0 Å². The maximum absolute atomic E-state index is 12.4. The van der Waals surface area contributed by atoms with Crippen LogP contribution in [0.2, 0.25) is 0 Å². The average molecular weight is 333 g/mol. The maximum atomic E-state index is 12.4. The minimum absolute atomic E-state index is 0.217. The van der Waals surface area contributed by atoms with Crippen LogP contribution in [0.15, 0.2) is 44.2 Å². The fraction of sp³-hybridized carbons (Fsp3) is 0.200. The summed E-state index contributed by atoms with van der Waals surface area (Å²) in [6.07, 6.45) is 0. The van der Waals surface area contributed by atoms with Crippen LogP contribution in [0.5, 0.6) is 5.75 Å². The fourth-order valence-corrected chi connectivity index (χ4v) is 3.89. The Morgan fingerprint density at radius 2 is 1.95 bits per heavy atom. The molecule has 0 spiro atoms. The number of amides is 1. The third-order valence-corrected chi connectivity index (χ3v) is 5.16. The quantitative estimate of drug-likeness (QED) is 0.733. The minimum Gasteiger partial charge on any atom is -0.448 e. The molecule has 5 nitrogen and oxygen atoms in total. The minimum atomic E-state index is -0.245. The normalized spacial score (nSPS) is 19.9. The number of nitrogens with zero attached hydrogens (tertiary/aromatic N) is 2. The number of anilines is 1. The van der Waals surface area contributed by atoms with E-state index in [2.05, 4.69) is 0 Å². The summed E-state index contributed by atoms with van der Waals surface area (Å²) in [4.78, 5) is 14.3. The molecule has 1 aromatic carbocycles. The van der Waals surface area contributed by atoms with E-state index in [1.165, 1.54) is 28.4 Å². The van der Waals surface area contributed by atoms with E-state index >= 15 is 0 Å². The van der Waals surface area contributed by atoms with Gasteiger partial charge in [-0.15, -0.1) is 0 Å². The van der Waals surface area contributed by atoms with E-state index in [-0.39, 0.29) is 11.7 Å². The molecule has 0 radical (unpaired) electrons. The lowest BCUT2D eigenvalue weighted by Gasteiger charge is -2.27. The molecule has 114 valence electrons. The summed E-state index contributed by atoms with van der Waals surface area (Å²) in [5.74, 6) is 0.586. The second kappa shape index (κ2) is 6.81. The molecule has 0 fully saturated rings. The highest BCUT2D eigenvalue weighted by molar-refractivity contribution is 8.28. The summed E-state index contributed by atoms with van der Waals surface area (Å²) < 4.78 is 6.30. The Bertz CT molecular complexity index is 720. The molecule has 0 saturated heterocycles. The van der Waals surface area contributed by atoms with Crippen molar-refractivity contribution in [3.8, 4) is 11.8 Å². The number of nitrogens with two attached hydrogens (primary N) is 1. The molecule has 0 atom stereocenters. The number of hydrogen-bond donors (Lipinski definition) is 1. The Balaban J connectivity index is 0.000000847. The molecule has 0 unspecified atom stereocenters. The first-order valence-electron chi connectivity index (χ1n) is 6.66. The molecule has 1 aromatic rings. The number of allylic oxidation sites excluding steroid dienone is 1. The van der Waals surface area contributed by atoms with Crippen molar-refractivity contribution in [3.63, 3.8) is 0 Å². The molecule has 0 saturated carbocycles. The number of benzene rings is 1. The Morgan fingerprint density at radius 1 is 1.27 bits per heavy atom. The molecule has 2 N–H and O–H groups in total. The largest absolute Gasteiger partial charge is 0.448 e. The number of rotatable bonds is 0. The van der Waals surface area contributed by atoms with Gasteiger partial charge in [0.1, 0.15) is 15.2 Å². The van der Waals surface area contributed by atoms with E-state index in [9.17, 15) is 4.79 Å². The first-order valence-corrected chi connectivity index (χ1v) is 8.30. The molecule has 0 aliphatic carbocycles. The first-order chi connectivity index (χ1) is 10.6. The number of para-hydroxylation sites is 2. The number of thioether (sulfide) groups is 2. The fourth-order valence-electron chi connectivity index (χ4n) is 1.85. The van der Waals surface area contributed by atoms with Crippen LogP contribution in [-0.2, 0) is 4.79 Å². The van der Waals surface area contributed by atoms with Gasteiger partial charge in [-0.25, -0.2) is 0 Å². The average Bonchev–Trinajstić information content (AvgIpc) is 2.93. The van der Waals surface area contributed by atoms with E-state index in [0.717, 1.165) is 5.69 Å². The second-order valence-corrected chi connectivity index (χ2v) is 6.39. The smallest absolute Gasteiger partial charge is 0.295 e. The van der Waals surface area contributed by atoms with Crippen LogP contribution in [-0.4, -0.2) is 13.0 Å². The molecule has 1 amide bonds. The van der Waals surface area contributed by atoms with Crippen molar-refractivity contribution in [2.24, 2.45) is 5.73 Å². The number of ether oxygens (including phenoxy) is 1. The Hall–Kier alpha value is -2.04. The van der Waals surface area contributed by atoms with Crippen molar-refractivity contribution in [3.05, 3.63) is 44.2 Å². The predicted molar refractivity (Wildman–Crippen MR) is 90.9 cm³/mol. The van der Waals surface area contributed by atoms with Gasteiger partial charge in [0.15, 0.2) is 5.75 Å². The van der Waals surface area contributed by atoms with E-state index in [0.29, 0.717) is 19.9 Å². The molecule has 7 heteroatoms. The zero-order valence-corrected chi connectivity index (χ0v) is 14.0. The second-order valence-electron chi connectivity index (χ2n) is 4.06. The lowest BCUT2D eigenvalue weighted by atomic mass is 10.2. The number of hydrogen-bond acceptors (Lipinski definition) is 6. The van der Waals surface area contributed by atoms with Gasteiger partial charge >= 0.3 is 0 Å². The van der Waals surface area contributed by atoms with Crippen molar-refractivity contribution < 1.29 is 9.53 Å². The van der Waals surface area contributed by atoms with Crippen molar-refractivity contribution in [1.82, 2.24) is 0 Å². The number of likely N-dealkylation sites (N-methyl/N-ethyl adjacent to an activating group) is 1. The van der Waals surface area contributed by atoms with Gasteiger partial charge in [0.05, 0.1) is 10.7 Å². The van der Waals surface area contributed by atoms with Crippen molar-refractivity contribution >= 4 is 35.1 Å². The Morgan fingerprint density at radius 3 is 2.59 bits per heavy atom. The van der Waals surface area contributed by atoms with Gasteiger partial charge in [0.2, 0.25) is 5.76 Å². The molecule has 3 rings (SSSR count). The first kappa shape index (κ1) is 16.3. The standard InChI is InChI=1S/C13H9N3O2S2.C2H6/c1-16-7-4-2-3-5-8(7)18-10(12(16)17)13-19-9(6-14)11(15)20-13;1-2/h2-5H,15H2,1H3;1-2H3/b13-10-;. The lowest BCUT2D eigenvalue weighted by Crippen LogP contribution is -2.34. The van der Waals surface area contributed by atoms with Crippen LogP contribution in [0, 0.1) is 11.3 Å². The Labute approximate surface area is 137 Å². The van der Waals surface area contributed by atoms with Crippen molar-refractivity contribution in [2.75, 3.05) is 11.9 Å². The molecule has 2 aliphatic heterocycles. The van der Waals surface area contributed by atoms with Crippen LogP contribution in [0.1, 0.15) is 13.8 Å². The van der Waals surface area contributed by atoms with Crippen LogP contribution >= 0.6 is 23.5 Å². The summed E-state index contributed by atoms with van der Waals surface area (Å²) >= 11 is 2.36. The number of fused-ring (bicyclic) bond motifs is 1. The molecule has 0 bridgehead atoms. The number of carbonyl (C=O) groups excluding carboxylic acids is 1. The molecule has 0 aromatic heterocycles. The number of carbonyl (C=O) groups is 1. The highest BCUT2D eigenvalue weighted by Crippen LogP contribution is 2.49. The molecule has 2 heterocycles. The van der Waals surface area contributed by atoms with Crippen molar-refractivity contribution in [2.45, 2.75) is 13.8 Å². The molecule has 22 heavy (non-hydrogen) atoms. The number of nitriles is 1. The van der Waals surface area contributed by atoms with E-state index in [4.69, 9.17) is 15.7 Å². The van der Waals surface area contributed by atoms with Gasteiger partial charge in [0, 0.05) is 7.05 Å². The van der Waals surface area contributed by atoms with Crippen LogP contribution in [0.4, 0.5) is 5.69 Å². The van der Waals surface area contributed by atoms with Crippen molar-refractivity contribution in [1.29, 1.82) is 5.26 Å². The van der Waals surface area contributed by atoms with Crippen LogP contribution in [0.25, 0.3) is 0 Å². The monoisotopic (exact) mass is 333 g/mol. The van der Waals surface area contributed by atoms with Gasteiger partial charge in [-0.3, -0.25) is 4.79 Å². The SMILES string of the molecule is CC.CN1C(=O)/C(=C2/SC(N)=C(C#N)S2)Oc2ccccc21. The van der Waals surface area contributed by atoms with Gasteiger partial charge < -0.3 is 15.4 Å². The van der Waals surface area contributed by atoms with Gasteiger partial charge in [0.25, 0.3) is 5.91 Å². The highest BCUT2D eigenvalue weighted by atomic mass is 32.2. The van der Waals surface area contributed by atoms with Crippen LogP contribution < -0.4 is 15.4 Å². The lowest BCUT2D eigenvalue weighted by molar-refractivity contribution is -0.117. The molecular weight excluding hydrogens is 318 g/mol.